The molecule has 0 atom stereocenters. The molecule has 0 saturated carbocycles. The largest absolute Gasteiger partial charge is 0.496 e. The van der Waals surface area contributed by atoms with Crippen LogP contribution in [-0.4, -0.2) is 20.5 Å². The van der Waals surface area contributed by atoms with Crippen LogP contribution in [0.4, 0.5) is 0 Å². The normalized spacial score (nSPS) is 11.6. The van der Waals surface area contributed by atoms with Crippen molar-refractivity contribution in [3.05, 3.63) is 60.2 Å². The van der Waals surface area contributed by atoms with E-state index in [9.17, 15) is 8.42 Å². The Morgan fingerprint density at radius 3 is 2.33 bits per heavy atom. The van der Waals surface area contributed by atoms with Gasteiger partial charge in [-0.2, -0.15) is 8.42 Å². The molecule has 0 aliphatic heterocycles. The van der Waals surface area contributed by atoms with Crippen LogP contribution in [0.25, 0.3) is 11.3 Å². The minimum atomic E-state index is -3.98. The van der Waals surface area contributed by atoms with Gasteiger partial charge in [0, 0.05) is 11.1 Å². The molecule has 0 aliphatic carbocycles. The zero-order valence-corrected chi connectivity index (χ0v) is 16.4. The molecule has 2 aromatic carbocycles. The van der Waals surface area contributed by atoms with E-state index in [0.717, 1.165) is 11.1 Å². The first-order chi connectivity index (χ1) is 12.8. The van der Waals surface area contributed by atoms with E-state index in [4.69, 9.17) is 13.3 Å². The van der Waals surface area contributed by atoms with Gasteiger partial charge in [0.1, 0.15) is 28.4 Å². The maximum absolute atomic E-state index is 12.8. The standard InChI is InChI=1S/C20H21NO5S/c1-13(2)16-9-19(24-4)17(18-11-25-12-21-18)10-20(16)26-27(22,23)15-7-5-14(3)6-8-15/h5-13H,1-4H3. The highest BCUT2D eigenvalue weighted by Crippen LogP contribution is 2.39. The Bertz CT molecular complexity index is 1020. The van der Waals surface area contributed by atoms with Crippen LogP contribution in [0, 0.1) is 6.92 Å². The van der Waals surface area contributed by atoms with Crippen molar-refractivity contribution in [2.75, 3.05) is 7.11 Å². The van der Waals surface area contributed by atoms with Gasteiger partial charge in [0.25, 0.3) is 0 Å². The van der Waals surface area contributed by atoms with Gasteiger partial charge in [0.05, 0.1) is 7.11 Å². The fourth-order valence-corrected chi connectivity index (χ4v) is 3.63. The average molecular weight is 387 g/mol. The Balaban J connectivity index is 2.10. The fraction of sp³-hybridized carbons (Fsp3) is 0.250. The number of nitrogens with zero attached hydrogens (tertiary/aromatic N) is 1. The lowest BCUT2D eigenvalue weighted by Crippen LogP contribution is -2.12. The quantitative estimate of drug-likeness (QED) is 0.578. The van der Waals surface area contributed by atoms with E-state index >= 15 is 0 Å². The summed E-state index contributed by atoms with van der Waals surface area (Å²) < 4.78 is 41.5. The topological polar surface area (TPSA) is 78.6 Å². The molecule has 27 heavy (non-hydrogen) atoms. The van der Waals surface area contributed by atoms with Crippen LogP contribution in [0.1, 0.15) is 30.9 Å². The first-order valence-electron chi connectivity index (χ1n) is 8.43. The van der Waals surface area contributed by atoms with Crippen molar-refractivity contribution in [1.29, 1.82) is 0 Å². The second kappa shape index (κ2) is 7.44. The highest BCUT2D eigenvalue weighted by atomic mass is 32.2. The zero-order valence-electron chi connectivity index (χ0n) is 15.6. The summed E-state index contributed by atoms with van der Waals surface area (Å²) in [6, 6.07) is 9.92. The molecule has 142 valence electrons. The predicted octanol–water partition coefficient (Wildman–Crippen LogP) is 4.55. The summed E-state index contributed by atoms with van der Waals surface area (Å²) in [5.41, 5.74) is 2.80. The van der Waals surface area contributed by atoms with E-state index in [1.165, 1.54) is 24.8 Å². The van der Waals surface area contributed by atoms with Crippen molar-refractivity contribution in [2.24, 2.45) is 0 Å². The minimum absolute atomic E-state index is 0.0217. The molecule has 0 radical (unpaired) electrons. The zero-order chi connectivity index (χ0) is 19.6. The molecule has 0 fully saturated rings. The Morgan fingerprint density at radius 1 is 1.07 bits per heavy atom. The molecule has 3 rings (SSSR count). The molecule has 0 unspecified atom stereocenters. The van der Waals surface area contributed by atoms with Crippen LogP contribution in [0.5, 0.6) is 11.5 Å². The smallest absolute Gasteiger partial charge is 0.339 e. The SMILES string of the molecule is COc1cc(C(C)C)c(OS(=O)(=O)c2ccc(C)cc2)cc1-c1cocn1. The third kappa shape index (κ3) is 3.98. The molecule has 0 bridgehead atoms. The molecule has 6 nitrogen and oxygen atoms in total. The van der Waals surface area contributed by atoms with Crippen LogP contribution in [-0.2, 0) is 10.1 Å². The van der Waals surface area contributed by atoms with Gasteiger partial charge in [0.2, 0.25) is 0 Å². The van der Waals surface area contributed by atoms with Gasteiger partial charge < -0.3 is 13.3 Å². The number of aryl methyl sites for hydroxylation is 1. The van der Waals surface area contributed by atoms with E-state index in [1.807, 2.05) is 20.8 Å². The van der Waals surface area contributed by atoms with Crippen molar-refractivity contribution < 1.29 is 21.8 Å². The van der Waals surface area contributed by atoms with E-state index in [0.29, 0.717) is 17.0 Å². The Hall–Kier alpha value is -2.80. The van der Waals surface area contributed by atoms with Crippen LogP contribution in [0.2, 0.25) is 0 Å². The number of methoxy groups -OCH3 is 1. The minimum Gasteiger partial charge on any atom is -0.496 e. The summed E-state index contributed by atoms with van der Waals surface area (Å²) in [6.07, 6.45) is 2.76. The number of hydrogen-bond donors (Lipinski definition) is 0. The molecule has 1 aromatic heterocycles. The van der Waals surface area contributed by atoms with Crippen molar-refractivity contribution in [3.63, 3.8) is 0 Å². The Labute approximate surface area is 158 Å². The highest BCUT2D eigenvalue weighted by molar-refractivity contribution is 7.87. The lowest BCUT2D eigenvalue weighted by atomic mass is 9.98. The number of hydrogen-bond acceptors (Lipinski definition) is 6. The second-order valence-electron chi connectivity index (χ2n) is 6.47. The molecule has 0 aliphatic rings. The van der Waals surface area contributed by atoms with E-state index < -0.39 is 10.1 Å². The number of aromatic nitrogens is 1. The third-order valence-electron chi connectivity index (χ3n) is 4.17. The van der Waals surface area contributed by atoms with Gasteiger partial charge in [0.15, 0.2) is 6.39 Å². The molecule has 0 spiro atoms. The summed E-state index contributed by atoms with van der Waals surface area (Å²) in [4.78, 5) is 4.22. The first kappa shape index (κ1) is 19.0. The second-order valence-corrected chi connectivity index (χ2v) is 8.02. The number of oxazole rings is 1. The predicted molar refractivity (Wildman–Crippen MR) is 102 cm³/mol. The molecular weight excluding hydrogens is 366 g/mol. The summed E-state index contributed by atoms with van der Waals surface area (Å²) in [6.45, 7) is 5.80. The summed E-state index contributed by atoms with van der Waals surface area (Å²) in [7, 11) is -2.43. The van der Waals surface area contributed by atoms with E-state index in [1.54, 1.807) is 31.4 Å². The van der Waals surface area contributed by atoms with Crippen molar-refractivity contribution in [3.8, 4) is 22.8 Å². The van der Waals surface area contributed by atoms with E-state index in [-0.39, 0.29) is 16.6 Å². The summed E-state index contributed by atoms with van der Waals surface area (Å²) in [5.74, 6) is 0.825. The molecule has 0 amide bonds. The van der Waals surface area contributed by atoms with Crippen molar-refractivity contribution in [1.82, 2.24) is 4.98 Å². The lowest BCUT2D eigenvalue weighted by molar-refractivity contribution is 0.414. The number of rotatable bonds is 6. The lowest BCUT2D eigenvalue weighted by Gasteiger charge is -2.17. The molecule has 0 saturated heterocycles. The van der Waals surface area contributed by atoms with Crippen LogP contribution in [0.15, 0.2) is 58.4 Å². The van der Waals surface area contributed by atoms with Gasteiger partial charge in [-0.05, 0) is 37.1 Å². The van der Waals surface area contributed by atoms with Crippen LogP contribution >= 0.6 is 0 Å². The Kier molecular flexibility index (Phi) is 5.23. The van der Waals surface area contributed by atoms with Gasteiger partial charge in [-0.25, -0.2) is 4.98 Å². The van der Waals surface area contributed by atoms with Gasteiger partial charge in [-0.3, -0.25) is 0 Å². The molecule has 1 heterocycles. The maximum Gasteiger partial charge on any atom is 0.339 e. The van der Waals surface area contributed by atoms with Gasteiger partial charge in [-0.15, -0.1) is 0 Å². The van der Waals surface area contributed by atoms with Gasteiger partial charge in [-0.1, -0.05) is 31.5 Å². The Morgan fingerprint density at radius 2 is 1.78 bits per heavy atom. The monoisotopic (exact) mass is 387 g/mol. The maximum atomic E-state index is 12.8. The van der Waals surface area contributed by atoms with Gasteiger partial charge >= 0.3 is 10.1 Å². The van der Waals surface area contributed by atoms with Crippen LogP contribution in [0.3, 0.4) is 0 Å². The first-order valence-corrected chi connectivity index (χ1v) is 9.84. The number of ether oxygens (including phenoxy) is 1. The highest BCUT2D eigenvalue weighted by Gasteiger charge is 2.23. The molecular formula is C20H21NO5S. The fourth-order valence-electron chi connectivity index (χ4n) is 2.68. The van der Waals surface area contributed by atoms with Crippen LogP contribution < -0.4 is 8.92 Å². The molecule has 3 aromatic rings. The summed E-state index contributed by atoms with van der Waals surface area (Å²) in [5, 5.41) is 0. The number of benzene rings is 2. The van der Waals surface area contributed by atoms with E-state index in [2.05, 4.69) is 4.98 Å². The molecule has 0 N–H and O–H groups in total. The summed E-state index contributed by atoms with van der Waals surface area (Å²) >= 11 is 0. The van der Waals surface area contributed by atoms with Crippen molar-refractivity contribution >= 4 is 10.1 Å². The third-order valence-corrected chi connectivity index (χ3v) is 5.42. The van der Waals surface area contributed by atoms with Crippen molar-refractivity contribution in [2.45, 2.75) is 31.6 Å². The molecule has 7 heteroatoms. The average Bonchev–Trinajstić information content (AvgIpc) is 3.15.